The van der Waals surface area contributed by atoms with Crippen LogP contribution in [0, 0.1) is 20.8 Å². The zero-order valence-electron chi connectivity index (χ0n) is 20.1. The maximum atomic E-state index is 13.5. The van der Waals surface area contributed by atoms with E-state index >= 15 is 0 Å². The van der Waals surface area contributed by atoms with E-state index < -0.39 is 22.5 Å². The first kappa shape index (κ1) is 25.7. The van der Waals surface area contributed by atoms with Gasteiger partial charge in [-0.1, -0.05) is 60.2 Å². The number of benzene rings is 3. The van der Waals surface area contributed by atoms with Gasteiger partial charge in [-0.05, 0) is 62.2 Å². The maximum absolute atomic E-state index is 13.5. The van der Waals surface area contributed by atoms with E-state index in [0.717, 1.165) is 21.0 Å². The number of sulfonamides is 1. The molecule has 3 aromatic rings. The third-order valence-corrected chi connectivity index (χ3v) is 6.92. The van der Waals surface area contributed by atoms with E-state index in [9.17, 15) is 13.2 Å². The number of amides is 1. The maximum Gasteiger partial charge on any atom is 0.264 e. The van der Waals surface area contributed by atoms with Crippen molar-refractivity contribution in [2.45, 2.75) is 25.7 Å². The molecule has 0 aliphatic heterocycles. The van der Waals surface area contributed by atoms with Gasteiger partial charge in [0.1, 0.15) is 18.9 Å². The summed E-state index contributed by atoms with van der Waals surface area (Å²) in [7, 11) is -4.00. The zero-order valence-corrected chi connectivity index (χ0v) is 20.9. The third-order valence-electron chi connectivity index (χ3n) is 5.15. The molecule has 0 aliphatic rings. The lowest BCUT2D eigenvalue weighted by atomic mass is 10.1. The van der Waals surface area contributed by atoms with E-state index in [-0.39, 0.29) is 4.90 Å². The molecule has 35 heavy (non-hydrogen) atoms. The van der Waals surface area contributed by atoms with Crippen LogP contribution in [-0.4, -0.2) is 33.7 Å². The van der Waals surface area contributed by atoms with Crippen LogP contribution in [0.2, 0.25) is 0 Å². The Balaban J connectivity index is 1.82. The number of carbonyl (C=O) groups excluding carboxylic acids is 1. The van der Waals surface area contributed by atoms with Crippen molar-refractivity contribution >= 4 is 27.8 Å². The minimum Gasteiger partial charge on any atom is -0.490 e. The molecule has 0 aliphatic carbocycles. The van der Waals surface area contributed by atoms with E-state index in [2.05, 4.69) is 17.1 Å². The fraction of sp³-hybridized carbons (Fsp3) is 0.185. The van der Waals surface area contributed by atoms with Crippen LogP contribution in [0.1, 0.15) is 22.3 Å². The van der Waals surface area contributed by atoms with Gasteiger partial charge in [-0.3, -0.25) is 9.10 Å². The van der Waals surface area contributed by atoms with Crippen molar-refractivity contribution in [2.75, 3.05) is 17.5 Å². The molecule has 3 aromatic carbocycles. The van der Waals surface area contributed by atoms with E-state index in [0.29, 0.717) is 23.6 Å². The molecule has 3 rings (SSSR count). The Kier molecular flexibility index (Phi) is 8.43. The van der Waals surface area contributed by atoms with Crippen molar-refractivity contribution < 1.29 is 17.9 Å². The number of anilines is 1. The molecule has 1 N–H and O–H groups in total. The summed E-state index contributed by atoms with van der Waals surface area (Å²) in [6.07, 6.45) is 3.11. The first-order chi connectivity index (χ1) is 16.7. The highest BCUT2D eigenvalue weighted by Crippen LogP contribution is 2.27. The minimum atomic E-state index is -4.00. The predicted octanol–water partition coefficient (Wildman–Crippen LogP) is 4.52. The van der Waals surface area contributed by atoms with Crippen LogP contribution in [0.5, 0.6) is 5.75 Å². The average molecular weight is 492 g/mol. The molecule has 182 valence electrons. The minimum absolute atomic E-state index is 0.107. The van der Waals surface area contributed by atoms with Gasteiger partial charge in [0.25, 0.3) is 15.9 Å². The van der Waals surface area contributed by atoms with Gasteiger partial charge in [-0.2, -0.15) is 5.10 Å². The lowest BCUT2D eigenvalue weighted by Gasteiger charge is -2.25. The first-order valence-corrected chi connectivity index (χ1v) is 12.5. The summed E-state index contributed by atoms with van der Waals surface area (Å²) in [6.45, 7) is 9.18. The highest BCUT2D eigenvalue weighted by Gasteiger charge is 2.28. The second kappa shape index (κ2) is 11.5. The van der Waals surface area contributed by atoms with Crippen molar-refractivity contribution in [3.8, 4) is 5.75 Å². The molecule has 0 heterocycles. The van der Waals surface area contributed by atoms with E-state index in [4.69, 9.17) is 4.74 Å². The van der Waals surface area contributed by atoms with Gasteiger partial charge in [-0.25, -0.2) is 13.8 Å². The summed E-state index contributed by atoms with van der Waals surface area (Å²) < 4.78 is 33.6. The molecule has 0 aromatic heterocycles. The van der Waals surface area contributed by atoms with Crippen LogP contribution in [0.25, 0.3) is 0 Å². The summed E-state index contributed by atoms with van der Waals surface area (Å²) >= 11 is 0. The van der Waals surface area contributed by atoms with Gasteiger partial charge in [0.2, 0.25) is 0 Å². The predicted molar refractivity (Wildman–Crippen MR) is 139 cm³/mol. The number of aryl methyl sites for hydroxylation is 3. The third kappa shape index (κ3) is 6.80. The molecule has 0 radical (unpaired) electrons. The van der Waals surface area contributed by atoms with Gasteiger partial charge < -0.3 is 4.74 Å². The Morgan fingerprint density at radius 3 is 2.43 bits per heavy atom. The van der Waals surface area contributed by atoms with Crippen LogP contribution in [0.4, 0.5) is 5.69 Å². The van der Waals surface area contributed by atoms with Gasteiger partial charge in [-0.15, -0.1) is 0 Å². The molecule has 0 fully saturated rings. The lowest BCUT2D eigenvalue weighted by Crippen LogP contribution is -2.40. The molecule has 0 spiro atoms. The SMILES string of the molecule is C=CCOc1cccc(/C=N\NC(=O)CN(c2ccc(C)cc2C)S(=O)(=O)c2ccc(C)cc2)c1. The molecule has 0 saturated carbocycles. The Morgan fingerprint density at radius 1 is 1.03 bits per heavy atom. The largest absolute Gasteiger partial charge is 0.490 e. The molecule has 0 atom stereocenters. The van der Waals surface area contributed by atoms with Crippen LogP contribution in [0.3, 0.4) is 0 Å². The quantitative estimate of drug-likeness (QED) is 0.257. The number of rotatable bonds is 10. The zero-order chi connectivity index (χ0) is 25.4. The monoisotopic (exact) mass is 491 g/mol. The normalized spacial score (nSPS) is 11.3. The molecular weight excluding hydrogens is 462 g/mol. The van der Waals surface area contributed by atoms with Gasteiger partial charge in [0.15, 0.2) is 0 Å². The summed E-state index contributed by atoms with van der Waals surface area (Å²) in [5.41, 5.74) is 6.25. The summed E-state index contributed by atoms with van der Waals surface area (Å²) in [5, 5.41) is 3.99. The Labute approximate surface area is 206 Å². The molecule has 7 nitrogen and oxygen atoms in total. The van der Waals surface area contributed by atoms with E-state index in [1.807, 2.05) is 32.9 Å². The second-order valence-corrected chi connectivity index (χ2v) is 9.94. The molecule has 0 unspecified atom stereocenters. The number of hydrogen-bond donors (Lipinski definition) is 1. The summed E-state index contributed by atoms with van der Waals surface area (Å²) in [6, 6.07) is 19.1. The van der Waals surface area contributed by atoms with Gasteiger partial charge in [0, 0.05) is 0 Å². The Hall–Kier alpha value is -3.91. The standard InChI is InChI=1S/C27H29N3O4S/c1-5-15-34-24-8-6-7-23(17-24)18-28-29-27(31)19-30(26-14-11-21(3)16-22(26)4)35(32,33)25-12-9-20(2)10-13-25/h5-14,16-18H,1,15,19H2,2-4H3,(H,29,31)/b28-18-. The van der Waals surface area contributed by atoms with Crippen molar-refractivity contribution in [1.29, 1.82) is 0 Å². The van der Waals surface area contributed by atoms with Crippen molar-refractivity contribution in [1.82, 2.24) is 5.43 Å². The number of carbonyl (C=O) groups is 1. The highest BCUT2D eigenvalue weighted by molar-refractivity contribution is 7.92. The number of nitrogens with one attached hydrogen (secondary N) is 1. The van der Waals surface area contributed by atoms with E-state index in [1.165, 1.54) is 6.21 Å². The molecule has 8 heteroatoms. The summed E-state index contributed by atoms with van der Waals surface area (Å²) in [5.74, 6) is 0.0707. The van der Waals surface area contributed by atoms with Crippen LogP contribution in [-0.2, 0) is 14.8 Å². The Morgan fingerprint density at radius 2 is 1.74 bits per heavy atom. The second-order valence-electron chi connectivity index (χ2n) is 8.08. The van der Waals surface area contributed by atoms with Gasteiger partial charge >= 0.3 is 0 Å². The van der Waals surface area contributed by atoms with Crippen molar-refractivity contribution in [3.63, 3.8) is 0 Å². The van der Waals surface area contributed by atoms with Gasteiger partial charge in [0.05, 0.1) is 16.8 Å². The van der Waals surface area contributed by atoms with Crippen molar-refractivity contribution in [2.24, 2.45) is 5.10 Å². The fourth-order valence-corrected chi connectivity index (χ4v) is 4.89. The Bertz CT molecular complexity index is 1330. The molecule has 1 amide bonds. The highest BCUT2D eigenvalue weighted by atomic mass is 32.2. The number of hydrogen-bond acceptors (Lipinski definition) is 5. The fourth-order valence-electron chi connectivity index (χ4n) is 3.41. The average Bonchev–Trinajstić information content (AvgIpc) is 2.82. The number of nitrogens with zero attached hydrogens (tertiary/aromatic N) is 2. The lowest BCUT2D eigenvalue weighted by molar-refractivity contribution is -0.119. The molecule has 0 bridgehead atoms. The van der Waals surface area contributed by atoms with E-state index in [1.54, 1.807) is 60.7 Å². The van der Waals surface area contributed by atoms with Crippen LogP contribution in [0.15, 0.2) is 89.4 Å². The van der Waals surface area contributed by atoms with Crippen LogP contribution >= 0.6 is 0 Å². The topological polar surface area (TPSA) is 88.1 Å². The van der Waals surface area contributed by atoms with Crippen molar-refractivity contribution in [3.05, 3.63) is 102 Å². The number of ether oxygens (including phenoxy) is 1. The molecular formula is C27H29N3O4S. The smallest absolute Gasteiger partial charge is 0.264 e. The van der Waals surface area contributed by atoms with Crippen LogP contribution < -0.4 is 14.5 Å². The summed E-state index contributed by atoms with van der Waals surface area (Å²) in [4.78, 5) is 12.9. The number of hydrazone groups is 1. The molecule has 0 saturated heterocycles. The first-order valence-electron chi connectivity index (χ1n) is 11.0.